The van der Waals surface area contributed by atoms with Crippen molar-refractivity contribution in [3.05, 3.63) is 77.0 Å². The van der Waals surface area contributed by atoms with Gasteiger partial charge in [-0.3, -0.25) is 4.79 Å². The highest BCUT2D eigenvalue weighted by Gasteiger charge is 2.40. The molecule has 1 aliphatic heterocycles. The van der Waals surface area contributed by atoms with Gasteiger partial charge in [-0.2, -0.15) is 33.7 Å². The summed E-state index contributed by atoms with van der Waals surface area (Å²) >= 11 is 0. The molecule has 1 aliphatic rings. The van der Waals surface area contributed by atoms with Crippen LogP contribution in [-0.2, 0) is 6.18 Å². The van der Waals surface area contributed by atoms with Crippen LogP contribution in [0.1, 0.15) is 35.0 Å². The molecule has 0 bridgehead atoms. The Morgan fingerprint density at radius 3 is 2.69 bits per heavy atom. The third-order valence-electron chi connectivity index (χ3n) is 5.23. The van der Waals surface area contributed by atoms with Gasteiger partial charge in [-0.15, -0.1) is 4.80 Å². The molecule has 0 atom stereocenters. The number of allylic oxidation sites excluding steroid dienone is 3. The van der Waals surface area contributed by atoms with Gasteiger partial charge in [0.2, 0.25) is 0 Å². The summed E-state index contributed by atoms with van der Waals surface area (Å²) in [5.41, 5.74) is -0.312. The summed E-state index contributed by atoms with van der Waals surface area (Å²) in [6, 6.07) is 3.18. The molecular formula is C23H20F3N9O. The van der Waals surface area contributed by atoms with Gasteiger partial charge in [0.1, 0.15) is 11.6 Å². The maximum Gasteiger partial charge on any atom is 0.434 e. The molecule has 10 nitrogen and oxygen atoms in total. The molecule has 4 heterocycles. The molecule has 36 heavy (non-hydrogen) atoms. The van der Waals surface area contributed by atoms with Crippen LogP contribution in [0, 0.1) is 11.3 Å². The number of piperidine rings is 1. The largest absolute Gasteiger partial charge is 0.434 e. The van der Waals surface area contributed by atoms with E-state index in [-0.39, 0.29) is 17.1 Å². The molecule has 0 radical (unpaired) electrons. The number of nitriles is 1. The molecule has 0 saturated carbocycles. The van der Waals surface area contributed by atoms with Gasteiger partial charge in [0.15, 0.2) is 11.5 Å². The van der Waals surface area contributed by atoms with Gasteiger partial charge in [0, 0.05) is 12.7 Å². The summed E-state index contributed by atoms with van der Waals surface area (Å²) in [6.07, 6.45) is 7.26. The van der Waals surface area contributed by atoms with Gasteiger partial charge >= 0.3 is 6.18 Å². The van der Waals surface area contributed by atoms with Crippen LogP contribution in [0.2, 0.25) is 0 Å². The number of halogens is 3. The molecule has 0 aromatic carbocycles. The first-order valence-electron chi connectivity index (χ1n) is 10.8. The zero-order chi connectivity index (χ0) is 25.7. The zero-order valence-corrected chi connectivity index (χ0v) is 19.0. The van der Waals surface area contributed by atoms with E-state index in [9.17, 15) is 23.2 Å². The highest BCUT2D eigenvalue weighted by molar-refractivity contribution is 6.05. The van der Waals surface area contributed by atoms with Gasteiger partial charge < -0.3 is 10.6 Å². The van der Waals surface area contributed by atoms with Crippen molar-refractivity contribution in [2.75, 3.05) is 18.4 Å². The van der Waals surface area contributed by atoms with E-state index in [1.165, 1.54) is 30.9 Å². The number of alkyl halides is 3. The predicted octanol–water partition coefficient (Wildman–Crippen LogP) is 3.34. The molecule has 0 spiro atoms. The van der Waals surface area contributed by atoms with Crippen molar-refractivity contribution in [2.45, 2.75) is 19.5 Å². The molecule has 1 saturated heterocycles. The average Bonchev–Trinajstić information content (AvgIpc) is 3.54. The topological polar surface area (TPSA) is 126 Å². The molecule has 13 heteroatoms. The van der Waals surface area contributed by atoms with E-state index in [1.807, 2.05) is 25.1 Å². The predicted molar refractivity (Wildman–Crippen MR) is 124 cm³/mol. The number of anilines is 1. The number of amides is 1. The third kappa shape index (κ3) is 5.23. The highest BCUT2D eigenvalue weighted by Crippen LogP contribution is 2.33. The number of rotatable bonds is 5. The van der Waals surface area contributed by atoms with Crippen LogP contribution in [0.25, 0.3) is 12.0 Å². The highest BCUT2D eigenvalue weighted by atomic mass is 19.4. The van der Waals surface area contributed by atoms with Gasteiger partial charge in [-0.1, -0.05) is 18.2 Å². The smallest absolute Gasteiger partial charge is 0.320 e. The molecule has 3 aromatic heterocycles. The van der Waals surface area contributed by atoms with E-state index in [1.54, 1.807) is 6.08 Å². The number of pyridine rings is 1. The van der Waals surface area contributed by atoms with E-state index in [0.717, 1.165) is 16.6 Å². The second-order valence-electron chi connectivity index (χ2n) is 7.63. The van der Waals surface area contributed by atoms with Crippen molar-refractivity contribution < 1.29 is 18.0 Å². The Balaban J connectivity index is 1.66. The fourth-order valence-electron chi connectivity index (χ4n) is 3.59. The Labute approximate surface area is 203 Å². The second kappa shape index (κ2) is 10.4. The van der Waals surface area contributed by atoms with Crippen LogP contribution in [0.15, 0.2) is 60.2 Å². The van der Waals surface area contributed by atoms with E-state index < -0.39 is 23.3 Å². The van der Waals surface area contributed by atoms with E-state index in [0.29, 0.717) is 29.8 Å². The number of carbonyl (C=O) groups is 1. The fraction of sp³-hybridized carbons (Fsp3) is 0.217. The first kappa shape index (κ1) is 24.6. The Morgan fingerprint density at radius 1 is 1.22 bits per heavy atom. The maximum atomic E-state index is 14.0. The van der Waals surface area contributed by atoms with Crippen molar-refractivity contribution in [3.63, 3.8) is 0 Å². The van der Waals surface area contributed by atoms with Crippen molar-refractivity contribution in [1.82, 2.24) is 35.1 Å². The summed E-state index contributed by atoms with van der Waals surface area (Å²) < 4.78 is 42.8. The van der Waals surface area contributed by atoms with Gasteiger partial charge in [0.05, 0.1) is 36.0 Å². The third-order valence-corrected chi connectivity index (χ3v) is 5.23. The monoisotopic (exact) mass is 495 g/mol. The number of hydrogen-bond donors (Lipinski definition) is 2. The Hall–Kier alpha value is -4.57. The van der Waals surface area contributed by atoms with Crippen molar-refractivity contribution >= 4 is 17.8 Å². The minimum atomic E-state index is -4.86. The molecule has 184 valence electrons. The summed E-state index contributed by atoms with van der Waals surface area (Å²) in [7, 11) is 0. The fourth-order valence-corrected chi connectivity index (χ4v) is 3.59. The molecule has 0 unspecified atom stereocenters. The lowest BCUT2D eigenvalue weighted by Crippen LogP contribution is -2.26. The zero-order valence-electron chi connectivity index (χ0n) is 19.0. The molecule has 1 amide bonds. The minimum Gasteiger partial charge on any atom is -0.320 e. The van der Waals surface area contributed by atoms with Crippen LogP contribution < -0.4 is 10.6 Å². The number of nitrogens with zero attached hydrogens (tertiary/aromatic N) is 7. The van der Waals surface area contributed by atoms with Gasteiger partial charge in [0.25, 0.3) is 5.91 Å². The quantitative estimate of drug-likeness (QED) is 0.556. The van der Waals surface area contributed by atoms with Crippen molar-refractivity contribution in [3.8, 4) is 11.9 Å². The number of carbonyl (C=O) groups excluding carboxylic acids is 1. The van der Waals surface area contributed by atoms with E-state index in [2.05, 4.69) is 30.9 Å². The Bertz CT molecular complexity index is 1390. The Morgan fingerprint density at radius 2 is 2.00 bits per heavy atom. The standard InChI is InChI=1S/C23H20F3N9O/c1-2-3-4-15-11-28-6-5-16(15)14-34-20(23(24,25)26)19(13-32-34)22(36)33-18-9-17(10-27)21(29-12-18)35-30-7-8-31-35/h2-4,7-9,12-14,28H,5-6,11H2,1H3,(H,33,36)/b3-2-,15-4-,16-14+. The first-order chi connectivity index (χ1) is 17.3. The molecule has 4 rings (SSSR count). The van der Waals surface area contributed by atoms with E-state index in [4.69, 9.17) is 0 Å². The number of hydrogen-bond acceptors (Lipinski definition) is 7. The van der Waals surface area contributed by atoms with Crippen LogP contribution in [-0.4, -0.2) is 48.8 Å². The molecule has 3 aromatic rings. The normalized spacial score (nSPS) is 16.5. The van der Waals surface area contributed by atoms with Crippen LogP contribution in [0.4, 0.5) is 18.9 Å². The number of nitrogens with one attached hydrogen (secondary N) is 2. The lowest BCUT2D eigenvalue weighted by atomic mass is 9.99. The maximum absolute atomic E-state index is 14.0. The summed E-state index contributed by atoms with van der Waals surface area (Å²) in [4.78, 5) is 18.0. The van der Waals surface area contributed by atoms with Crippen LogP contribution in [0.3, 0.4) is 0 Å². The first-order valence-corrected chi connectivity index (χ1v) is 10.8. The Kier molecular flexibility index (Phi) is 7.07. The summed E-state index contributed by atoms with van der Waals surface area (Å²) in [6.45, 7) is 2.95. The summed E-state index contributed by atoms with van der Waals surface area (Å²) in [5, 5.41) is 26.6. The molecule has 2 N–H and O–H groups in total. The lowest BCUT2D eigenvalue weighted by molar-refractivity contribution is -0.142. The van der Waals surface area contributed by atoms with Crippen molar-refractivity contribution in [2.24, 2.45) is 0 Å². The van der Waals surface area contributed by atoms with Crippen LogP contribution in [0.5, 0.6) is 0 Å². The SMILES string of the molecule is C\C=C/C=C1/CNCC/C1=C\n1ncc(C(=O)Nc2cnc(-n3nccn3)c(C#N)c2)c1C(F)(F)F. The summed E-state index contributed by atoms with van der Waals surface area (Å²) in [5.74, 6) is -0.933. The molecule has 1 fully saturated rings. The van der Waals surface area contributed by atoms with Gasteiger partial charge in [-0.05, 0) is 37.1 Å². The number of aromatic nitrogens is 6. The molecular weight excluding hydrogens is 475 g/mol. The van der Waals surface area contributed by atoms with E-state index >= 15 is 0 Å². The average molecular weight is 495 g/mol. The van der Waals surface area contributed by atoms with Crippen LogP contribution >= 0.6 is 0 Å². The second-order valence-corrected chi connectivity index (χ2v) is 7.63. The van der Waals surface area contributed by atoms with Crippen molar-refractivity contribution in [1.29, 1.82) is 5.26 Å². The molecule has 0 aliphatic carbocycles. The minimum absolute atomic E-state index is 0.0202. The van der Waals surface area contributed by atoms with Gasteiger partial charge in [-0.25, -0.2) is 9.67 Å². The lowest BCUT2D eigenvalue weighted by Gasteiger charge is -2.20.